The highest BCUT2D eigenvalue weighted by Crippen LogP contribution is 2.08. The second kappa shape index (κ2) is 6.89. The van der Waals surface area contributed by atoms with Crippen LogP contribution in [0, 0.1) is 0 Å². The van der Waals surface area contributed by atoms with Crippen molar-refractivity contribution in [3.8, 4) is 0 Å². The summed E-state index contributed by atoms with van der Waals surface area (Å²) in [5.41, 5.74) is -0.0432. The number of aromatic carboxylic acids is 1. The van der Waals surface area contributed by atoms with Crippen molar-refractivity contribution in [2.75, 3.05) is 13.1 Å². The summed E-state index contributed by atoms with van der Waals surface area (Å²) in [5.74, 6) is -1.43. The number of rotatable bonds is 6. The summed E-state index contributed by atoms with van der Waals surface area (Å²) in [6.07, 6.45) is 4.69. The van der Waals surface area contributed by atoms with E-state index in [2.05, 4.69) is 15.0 Å². The fourth-order valence-electron chi connectivity index (χ4n) is 1.72. The van der Waals surface area contributed by atoms with Crippen LogP contribution in [0.1, 0.15) is 32.9 Å². The number of nitrogens with zero attached hydrogens (tertiary/aromatic N) is 4. The Kier molecular flexibility index (Phi) is 4.94. The van der Waals surface area contributed by atoms with Gasteiger partial charge in [0.15, 0.2) is 5.69 Å². The molecule has 0 saturated carbocycles. The Morgan fingerprint density at radius 3 is 2.48 bits per heavy atom. The van der Waals surface area contributed by atoms with Gasteiger partial charge in [0, 0.05) is 31.1 Å². The molecular weight excluding hydrogens is 292 g/mol. The van der Waals surface area contributed by atoms with Crippen LogP contribution in [-0.2, 0) is 6.42 Å². The number of carboxylic acid groups (broad SMARTS) is 1. The predicted molar refractivity (Wildman–Crippen MR) is 76.4 cm³/mol. The maximum absolute atomic E-state index is 12.3. The Hall–Kier alpha value is -2.35. The van der Waals surface area contributed by atoms with E-state index in [1.54, 1.807) is 22.4 Å². The molecule has 2 aromatic rings. The summed E-state index contributed by atoms with van der Waals surface area (Å²) >= 11 is 1.55. The Labute approximate surface area is 125 Å². The molecular formula is C13H14N4O3S. The highest BCUT2D eigenvalue weighted by molar-refractivity contribution is 7.09. The molecule has 7 nitrogen and oxygen atoms in total. The lowest BCUT2D eigenvalue weighted by Crippen LogP contribution is -2.33. The maximum atomic E-state index is 12.3. The van der Waals surface area contributed by atoms with Crippen LogP contribution in [0.15, 0.2) is 24.0 Å². The van der Waals surface area contributed by atoms with Crippen LogP contribution >= 0.6 is 11.3 Å². The van der Waals surface area contributed by atoms with Crippen molar-refractivity contribution in [2.24, 2.45) is 0 Å². The van der Waals surface area contributed by atoms with Gasteiger partial charge in [-0.25, -0.2) is 19.7 Å². The molecule has 2 aromatic heterocycles. The number of amides is 1. The van der Waals surface area contributed by atoms with Gasteiger partial charge in [-0.3, -0.25) is 4.79 Å². The van der Waals surface area contributed by atoms with Gasteiger partial charge < -0.3 is 10.0 Å². The van der Waals surface area contributed by atoms with Gasteiger partial charge in [-0.1, -0.05) is 0 Å². The molecule has 2 heterocycles. The van der Waals surface area contributed by atoms with E-state index in [0.717, 1.165) is 11.2 Å². The van der Waals surface area contributed by atoms with Crippen molar-refractivity contribution in [3.63, 3.8) is 0 Å². The van der Waals surface area contributed by atoms with Crippen molar-refractivity contribution in [1.29, 1.82) is 0 Å². The minimum Gasteiger partial charge on any atom is -0.476 e. The molecule has 0 atom stereocenters. The first kappa shape index (κ1) is 15.0. The molecule has 0 spiro atoms. The second-order valence-corrected chi connectivity index (χ2v) is 5.13. The summed E-state index contributed by atoms with van der Waals surface area (Å²) in [5, 5.41) is 11.6. The van der Waals surface area contributed by atoms with Gasteiger partial charge in [-0.15, -0.1) is 11.3 Å². The number of carbonyl (C=O) groups excluding carboxylic acids is 1. The summed E-state index contributed by atoms with van der Waals surface area (Å²) in [6, 6.07) is 0. The van der Waals surface area contributed by atoms with E-state index < -0.39 is 5.97 Å². The molecule has 1 N–H and O–H groups in total. The normalized spacial score (nSPS) is 10.3. The smallest absolute Gasteiger partial charge is 0.356 e. The first-order chi connectivity index (χ1) is 10.1. The van der Waals surface area contributed by atoms with E-state index >= 15 is 0 Å². The molecule has 0 aromatic carbocycles. The van der Waals surface area contributed by atoms with Crippen molar-refractivity contribution in [1.82, 2.24) is 19.9 Å². The van der Waals surface area contributed by atoms with Gasteiger partial charge in [0.05, 0.1) is 17.4 Å². The Morgan fingerprint density at radius 1 is 1.24 bits per heavy atom. The average molecular weight is 306 g/mol. The first-order valence-corrected chi connectivity index (χ1v) is 7.22. The highest BCUT2D eigenvalue weighted by atomic mass is 32.1. The first-order valence-electron chi connectivity index (χ1n) is 6.34. The molecule has 0 aliphatic heterocycles. The number of carboxylic acids is 1. The maximum Gasteiger partial charge on any atom is 0.356 e. The zero-order valence-electron chi connectivity index (χ0n) is 11.4. The Balaban J connectivity index is 2.03. The second-order valence-electron chi connectivity index (χ2n) is 4.15. The van der Waals surface area contributed by atoms with Gasteiger partial charge in [0.25, 0.3) is 5.91 Å². The number of aromatic nitrogens is 3. The molecule has 0 aliphatic rings. The third-order valence-electron chi connectivity index (χ3n) is 2.84. The number of likely N-dealkylation sites (N-methyl/N-ethyl adjacent to an activating group) is 1. The minimum atomic E-state index is -1.17. The average Bonchev–Trinajstić information content (AvgIpc) is 3.01. The monoisotopic (exact) mass is 306 g/mol. The number of hydrogen-bond acceptors (Lipinski definition) is 6. The van der Waals surface area contributed by atoms with E-state index in [9.17, 15) is 9.59 Å². The van der Waals surface area contributed by atoms with Gasteiger partial charge in [0.1, 0.15) is 5.69 Å². The molecule has 110 valence electrons. The summed E-state index contributed by atoms with van der Waals surface area (Å²) in [4.78, 5) is 36.4. The molecule has 2 rings (SSSR count). The van der Waals surface area contributed by atoms with Crippen LogP contribution in [0.25, 0.3) is 0 Å². The number of thiazole rings is 1. The number of carbonyl (C=O) groups is 2. The zero-order valence-corrected chi connectivity index (χ0v) is 12.2. The molecule has 0 fully saturated rings. The van der Waals surface area contributed by atoms with Crippen LogP contribution in [0.5, 0.6) is 0 Å². The van der Waals surface area contributed by atoms with Gasteiger partial charge in [-0.05, 0) is 6.92 Å². The van der Waals surface area contributed by atoms with E-state index in [4.69, 9.17) is 5.11 Å². The summed E-state index contributed by atoms with van der Waals surface area (Å²) in [6.45, 7) is 2.94. The lowest BCUT2D eigenvalue weighted by atomic mass is 10.3. The van der Waals surface area contributed by atoms with Crippen molar-refractivity contribution < 1.29 is 14.7 Å². The minimum absolute atomic E-state index is 0.140. The highest BCUT2D eigenvalue weighted by Gasteiger charge is 2.17. The molecule has 0 unspecified atom stereocenters. The van der Waals surface area contributed by atoms with Crippen molar-refractivity contribution in [3.05, 3.63) is 40.4 Å². The molecule has 0 aliphatic carbocycles. The number of hydrogen-bond donors (Lipinski definition) is 1. The molecule has 0 radical (unpaired) electrons. The quantitative estimate of drug-likeness (QED) is 0.865. The fraction of sp³-hybridized carbons (Fsp3) is 0.308. The zero-order chi connectivity index (χ0) is 15.2. The molecule has 0 saturated heterocycles. The van der Waals surface area contributed by atoms with Gasteiger partial charge >= 0.3 is 5.97 Å². The lowest BCUT2D eigenvalue weighted by molar-refractivity contribution is 0.0686. The van der Waals surface area contributed by atoms with Gasteiger partial charge in [-0.2, -0.15) is 0 Å². The fourth-order valence-corrected chi connectivity index (χ4v) is 2.33. The van der Waals surface area contributed by atoms with Crippen LogP contribution in [-0.4, -0.2) is 49.9 Å². The van der Waals surface area contributed by atoms with Crippen LogP contribution in [0.4, 0.5) is 0 Å². The SMILES string of the molecule is CCN(CCc1nccs1)C(=O)c1cnc(C(=O)O)cn1. The molecule has 8 heteroatoms. The van der Waals surface area contributed by atoms with E-state index in [1.165, 1.54) is 6.20 Å². The van der Waals surface area contributed by atoms with Crippen LogP contribution in [0.2, 0.25) is 0 Å². The van der Waals surface area contributed by atoms with E-state index in [-0.39, 0.29) is 17.3 Å². The standard InChI is InChI=1S/C13H14N4O3S/c1-2-17(5-3-11-14-4-6-21-11)12(18)9-7-16-10(8-15-9)13(19)20/h4,6-8H,2-3,5H2,1H3,(H,19,20). The Morgan fingerprint density at radius 2 is 1.95 bits per heavy atom. The van der Waals surface area contributed by atoms with E-state index in [0.29, 0.717) is 19.5 Å². The lowest BCUT2D eigenvalue weighted by Gasteiger charge is -2.19. The predicted octanol–water partition coefficient (Wildman–Crippen LogP) is 1.34. The largest absolute Gasteiger partial charge is 0.476 e. The third kappa shape index (κ3) is 3.82. The summed E-state index contributed by atoms with van der Waals surface area (Å²) < 4.78 is 0. The van der Waals surface area contributed by atoms with E-state index in [1.807, 2.05) is 12.3 Å². The summed E-state index contributed by atoms with van der Waals surface area (Å²) in [7, 11) is 0. The third-order valence-corrected chi connectivity index (χ3v) is 3.68. The van der Waals surface area contributed by atoms with Crippen molar-refractivity contribution in [2.45, 2.75) is 13.3 Å². The Bertz CT molecular complexity index is 613. The van der Waals surface area contributed by atoms with Gasteiger partial charge in [0.2, 0.25) is 0 Å². The van der Waals surface area contributed by atoms with Crippen molar-refractivity contribution >= 4 is 23.2 Å². The topological polar surface area (TPSA) is 96.3 Å². The molecule has 21 heavy (non-hydrogen) atoms. The molecule has 1 amide bonds. The van der Waals surface area contributed by atoms with Crippen LogP contribution < -0.4 is 0 Å². The van der Waals surface area contributed by atoms with Crippen LogP contribution in [0.3, 0.4) is 0 Å². The molecule has 0 bridgehead atoms.